The topological polar surface area (TPSA) is 61.8 Å². The van der Waals surface area contributed by atoms with Crippen LogP contribution in [0.5, 0.6) is 0 Å². The number of nitrogens with two attached hydrogens (primary N) is 1. The van der Waals surface area contributed by atoms with Crippen molar-refractivity contribution in [3.63, 3.8) is 0 Å². The van der Waals surface area contributed by atoms with Crippen molar-refractivity contribution < 1.29 is 4.39 Å². The first kappa shape index (κ1) is 11.9. The summed E-state index contributed by atoms with van der Waals surface area (Å²) in [6.45, 7) is 1.82. The van der Waals surface area contributed by atoms with E-state index >= 15 is 0 Å². The van der Waals surface area contributed by atoms with E-state index in [-0.39, 0.29) is 5.82 Å². The molecule has 3 nitrogen and oxygen atoms in total. The molecule has 0 saturated carbocycles. The minimum atomic E-state index is -0.266. The van der Waals surface area contributed by atoms with Gasteiger partial charge in [0.25, 0.3) is 0 Å². The minimum absolute atomic E-state index is 0.266. The first-order valence-electron chi connectivity index (χ1n) is 5.43. The van der Waals surface area contributed by atoms with Gasteiger partial charge in [-0.3, -0.25) is 0 Å². The highest BCUT2D eigenvalue weighted by molar-refractivity contribution is 5.69. The highest BCUT2D eigenvalue weighted by Crippen LogP contribution is 2.24. The molecule has 2 aromatic carbocycles. The Kier molecular flexibility index (Phi) is 3.16. The molecule has 18 heavy (non-hydrogen) atoms. The maximum absolute atomic E-state index is 13.0. The number of hydrogen-bond donors (Lipinski definition) is 2. The second-order valence-corrected chi connectivity index (χ2v) is 4.00. The van der Waals surface area contributed by atoms with Gasteiger partial charge in [-0.1, -0.05) is 0 Å². The lowest BCUT2D eigenvalue weighted by Crippen LogP contribution is -1.96. The molecule has 0 saturated heterocycles. The van der Waals surface area contributed by atoms with E-state index in [1.165, 1.54) is 12.1 Å². The van der Waals surface area contributed by atoms with Gasteiger partial charge in [0.05, 0.1) is 11.3 Å². The lowest BCUT2D eigenvalue weighted by atomic mass is 10.1. The zero-order chi connectivity index (χ0) is 13.1. The number of anilines is 3. The average Bonchev–Trinajstić information content (AvgIpc) is 2.33. The van der Waals surface area contributed by atoms with Crippen molar-refractivity contribution in [2.45, 2.75) is 6.92 Å². The van der Waals surface area contributed by atoms with Crippen LogP contribution in [0.2, 0.25) is 0 Å². The van der Waals surface area contributed by atoms with E-state index < -0.39 is 0 Å². The number of nitriles is 1. The van der Waals surface area contributed by atoms with Crippen molar-refractivity contribution in [3.05, 3.63) is 53.3 Å². The number of rotatable bonds is 2. The molecule has 0 aliphatic rings. The molecule has 3 N–H and O–H groups in total. The van der Waals surface area contributed by atoms with Crippen LogP contribution in [0, 0.1) is 24.1 Å². The van der Waals surface area contributed by atoms with E-state index in [0.717, 1.165) is 16.9 Å². The van der Waals surface area contributed by atoms with Crippen molar-refractivity contribution in [2.75, 3.05) is 11.1 Å². The number of nitrogens with one attached hydrogen (secondary N) is 1. The summed E-state index contributed by atoms with van der Waals surface area (Å²) in [5, 5.41) is 11.9. The number of benzene rings is 2. The molecular formula is C14H12FN3. The zero-order valence-corrected chi connectivity index (χ0v) is 9.87. The highest BCUT2D eigenvalue weighted by Gasteiger charge is 2.03. The van der Waals surface area contributed by atoms with Crippen LogP contribution in [-0.2, 0) is 0 Å². The lowest BCUT2D eigenvalue weighted by Gasteiger charge is -2.10. The monoisotopic (exact) mass is 241 g/mol. The Morgan fingerprint density at radius 3 is 2.61 bits per heavy atom. The van der Waals surface area contributed by atoms with Crippen LogP contribution >= 0.6 is 0 Å². The Labute approximate surface area is 105 Å². The summed E-state index contributed by atoms with van der Waals surface area (Å²) in [6.07, 6.45) is 0. The Balaban J connectivity index is 2.29. The maximum Gasteiger partial charge on any atom is 0.123 e. The zero-order valence-electron chi connectivity index (χ0n) is 9.87. The minimum Gasteiger partial charge on any atom is -0.398 e. The summed E-state index contributed by atoms with van der Waals surface area (Å²) in [5.41, 5.74) is 8.96. The number of halogens is 1. The van der Waals surface area contributed by atoms with Crippen molar-refractivity contribution in [1.82, 2.24) is 0 Å². The summed E-state index contributed by atoms with van der Waals surface area (Å²) in [5.74, 6) is -0.266. The average molecular weight is 241 g/mol. The molecule has 0 spiro atoms. The largest absolute Gasteiger partial charge is 0.398 e. The van der Waals surface area contributed by atoms with Gasteiger partial charge >= 0.3 is 0 Å². The molecule has 0 bridgehead atoms. The first-order chi connectivity index (χ1) is 8.60. The van der Waals surface area contributed by atoms with Crippen molar-refractivity contribution in [1.29, 1.82) is 5.26 Å². The number of nitrogens with zero attached hydrogens (tertiary/aromatic N) is 1. The van der Waals surface area contributed by atoms with Crippen molar-refractivity contribution in [2.24, 2.45) is 0 Å². The van der Waals surface area contributed by atoms with Crippen LogP contribution in [0.4, 0.5) is 21.5 Å². The fraction of sp³-hybridized carbons (Fsp3) is 0.0714. The summed E-state index contributed by atoms with van der Waals surface area (Å²) < 4.78 is 13.0. The third-order valence-corrected chi connectivity index (χ3v) is 2.64. The van der Waals surface area contributed by atoms with E-state index in [1.807, 2.05) is 13.0 Å². The molecule has 0 atom stereocenters. The molecule has 4 heteroatoms. The van der Waals surface area contributed by atoms with E-state index in [0.29, 0.717) is 11.3 Å². The van der Waals surface area contributed by atoms with Crippen LogP contribution in [0.15, 0.2) is 36.4 Å². The normalized spacial score (nSPS) is 9.83. The Morgan fingerprint density at radius 2 is 2.00 bits per heavy atom. The van der Waals surface area contributed by atoms with Gasteiger partial charge in [0.1, 0.15) is 11.9 Å². The molecule has 2 rings (SSSR count). The van der Waals surface area contributed by atoms with Crippen LogP contribution in [0.3, 0.4) is 0 Å². The first-order valence-corrected chi connectivity index (χ1v) is 5.43. The van der Waals surface area contributed by atoms with Crippen molar-refractivity contribution >= 4 is 17.1 Å². The van der Waals surface area contributed by atoms with Gasteiger partial charge in [-0.15, -0.1) is 0 Å². The van der Waals surface area contributed by atoms with Gasteiger partial charge in [-0.2, -0.15) is 5.26 Å². The van der Waals surface area contributed by atoms with E-state index in [1.54, 1.807) is 24.3 Å². The van der Waals surface area contributed by atoms with Crippen LogP contribution in [-0.4, -0.2) is 0 Å². The molecule has 0 fully saturated rings. The Bertz CT molecular complexity index is 629. The summed E-state index contributed by atoms with van der Waals surface area (Å²) >= 11 is 0. The predicted octanol–water partition coefficient (Wildman–Crippen LogP) is 3.33. The molecule has 0 heterocycles. The highest BCUT2D eigenvalue weighted by atomic mass is 19.1. The third-order valence-electron chi connectivity index (χ3n) is 2.64. The fourth-order valence-corrected chi connectivity index (χ4v) is 1.67. The lowest BCUT2D eigenvalue weighted by molar-refractivity contribution is 0.627. The Hall–Kier alpha value is -2.54. The molecule has 2 aromatic rings. The quantitative estimate of drug-likeness (QED) is 0.793. The summed E-state index contributed by atoms with van der Waals surface area (Å²) in [4.78, 5) is 0. The van der Waals surface area contributed by atoms with Crippen LogP contribution in [0.1, 0.15) is 11.1 Å². The SMILES string of the molecule is Cc1cc(F)ccc1Nc1ccc(C#N)c(N)c1. The summed E-state index contributed by atoms with van der Waals surface area (Å²) in [7, 11) is 0. The summed E-state index contributed by atoms with van der Waals surface area (Å²) in [6, 6.07) is 11.6. The number of hydrogen-bond acceptors (Lipinski definition) is 3. The van der Waals surface area contributed by atoms with E-state index in [2.05, 4.69) is 5.32 Å². The van der Waals surface area contributed by atoms with Crippen LogP contribution < -0.4 is 11.1 Å². The standard InChI is InChI=1S/C14H12FN3/c1-9-6-11(15)3-5-14(9)18-12-4-2-10(8-16)13(17)7-12/h2-7,18H,17H2,1H3. The van der Waals surface area contributed by atoms with Gasteiger partial charge in [0.15, 0.2) is 0 Å². The van der Waals surface area contributed by atoms with E-state index in [9.17, 15) is 4.39 Å². The maximum atomic E-state index is 13.0. The molecule has 0 aliphatic heterocycles. The molecule has 0 aliphatic carbocycles. The van der Waals surface area contributed by atoms with Gasteiger partial charge in [-0.05, 0) is 48.9 Å². The molecule has 90 valence electrons. The Morgan fingerprint density at radius 1 is 1.22 bits per heavy atom. The third kappa shape index (κ3) is 2.41. The second-order valence-electron chi connectivity index (χ2n) is 4.00. The second kappa shape index (κ2) is 4.76. The number of nitrogen functional groups attached to an aromatic ring is 1. The number of aryl methyl sites for hydroxylation is 1. The fourth-order valence-electron chi connectivity index (χ4n) is 1.67. The predicted molar refractivity (Wildman–Crippen MR) is 70.0 cm³/mol. The molecule has 0 radical (unpaired) electrons. The van der Waals surface area contributed by atoms with Gasteiger partial charge < -0.3 is 11.1 Å². The van der Waals surface area contributed by atoms with Gasteiger partial charge in [-0.25, -0.2) is 4.39 Å². The van der Waals surface area contributed by atoms with Crippen molar-refractivity contribution in [3.8, 4) is 6.07 Å². The van der Waals surface area contributed by atoms with Crippen LogP contribution in [0.25, 0.3) is 0 Å². The van der Waals surface area contributed by atoms with Gasteiger partial charge in [0.2, 0.25) is 0 Å². The van der Waals surface area contributed by atoms with E-state index in [4.69, 9.17) is 11.0 Å². The smallest absolute Gasteiger partial charge is 0.123 e. The molecule has 0 unspecified atom stereocenters. The van der Waals surface area contributed by atoms with Gasteiger partial charge in [0, 0.05) is 11.4 Å². The molecule has 0 aromatic heterocycles. The molecular weight excluding hydrogens is 229 g/mol. The molecule has 0 amide bonds.